The fraction of sp³-hybridized carbons (Fsp3) is 0.571. The quantitative estimate of drug-likeness (QED) is 0.802. The van der Waals surface area contributed by atoms with Crippen LogP contribution in [0.3, 0.4) is 0 Å². The summed E-state index contributed by atoms with van der Waals surface area (Å²) in [7, 11) is 0. The number of aliphatic hydroxyl groups is 1. The molecule has 1 rings (SSSR count). The van der Waals surface area contributed by atoms with Gasteiger partial charge in [-0.2, -0.15) is 8.78 Å². The topological polar surface area (TPSA) is 41.5 Å². The zero-order chi connectivity index (χ0) is 14.4. The van der Waals surface area contributed by atoms with Gasteiger partial charge in [-0.25, -0.2) is 0 Å². The highest BCUT2D eigenvalue weighted by molar-refractivity contribution is 5.28. The second kappa shape index (κ2) is 7.40. The molecule has 0 spiro atoms. The third-order valence-corrected chi connectivity index (χ3v) is 3.01. The Morgan fingerprint density at radius 2 is 1.74 bits per heavy atom. The number of alkyl halides is 2. The van der Waals surface area contributed by atoms with Crippen LogP contribution in [-0.2, 0) is 0 Å². The number of nitrogens with one attached hydrogen (secondary N) is 1. The minimum absolute atomic E-state index is 0.0361. The molecule has 5 heteroatoms. The first-order valence-electron chi connectivity index (χ1n) is 6.36. The van der Waals surface area contributed by atoms with Gasteiger partial charge >= 0.3 is 6.61 Å². The van der Waals surface area contributed by atoms with E-state index in [0.29, 0.717) is 6.54 Å². The summed E-state index contributed by atoms with van der Waals surface area (Å²) in [6.07, 6.45) is -0.399. The Balaban J connectivity index is 2.50. The van der Waals surface area contributed by atoms with Crippen molar-refractivity contribution in [1.29, 1.82) is 0 Å². The van der Waals surface area contributed by atoms with Gasteiger partial charge in [0.2, 0.25) is 0 Å². The molecule has 1 aromatic carbocycles. The monoisotopic (exact) mass is 273 g/mol. The van der Waals surface area contributed by atoms with Gasteiger partial charge in [0.25, 0.3) is 0 Å². The molecule has 108 valence electrons. The summed E-state index contributed by atoms with van der Waals surface area (Å²) in [4.78, 5) is 0. The first-order chi connectivity index (χ1) is 8.90. The molecular formula is C14H21F2NO2. The Labute approximate surface area is 112 Å². The fourth-order valence-electron chi connectivity index (χ4n) is 1.59. The molecule has 0 amide bonds. The minimum atomic E-state index is -2.80. The van der Waals surface area contributed by atoms with Gasteiger partial charge in [0.05, 0.1) is 6.10 Å². The molecule has 1 aromatic rings. The normalized spacial score (nSPS) is 14.7. The minimum Gasteiger partial charge on any atom is -0.435 e. The molecule has 2 unspecified atom stereocenters. The molecule has 0 heterocycles. The van der Waals surface area contributed by atoms with E-state index >= 15 is 0 Å². The second-order valence-electron chi connectivity index (χ2n) is 4.89. The van der Waals surface area contributed by atoms with E-state index in [1.807, 2.05) is 20.8 Å². The van der Waals surface area contributed by atoms with Crippen molar-refractivity contribution in [1.82, 2.24) is 5.32 Å². The molecular weight excluding hydrogens is 252 g/mol. The maximum Gasteiger partial charge on any atom is 0.387 e. The summed E-state index contributed by atoms with van der Waals surface area (Å²) >= 11 is 0. The molecule has 0 fully saturated rings. The number of hydrogen-bond acceptors (Lipinski definition) is 3. The van der Waals surface area contributed by atoms with Crippen LogP contribution in [-0.4, -0.2) is 24.4 Å². The van der Waals surface area contributed by atoms with E-state index < -0.39 is 12.7 Å². The van der Waals surface area contributed by atoms with Crippen molar-refractivity contribution >= 4 is 0 Å². The predicted octanol–water partition coefficient (Wildman–Crippen LogP) is 2.96. The Kier molecular flexibility index (Phi) is 6.18. The lowest BCUT2D eigenvalue weighted by Crippen LogP contribution is -2.32. The van der Waals surface area contributed by atoms with Gasteiger partial charge in [0.15, 0.2) is 0 Å². The first-order valence-corrected chi connectivity index (χ1v) is 6.36. The molecule has 3 nitrogen and oxygen atoms in total. The van der Waals surface area contributed by atoms with Crippen LogP contribution in [0.25, 0.3) is 0 Å². The molecule has 0 aliphatic rings. The van der Waals surface area contributed by atoms with Crippen LogP contribution in [0.2, 0.25) is 0 Å². The predicted molar refractivity (Wildman–Crippen MR) is 70.3 cm³/mol. The number of rotatable bonds is 7. The van der Waals surface area contributed by atoms with Crippen LogP contribution in [0.4, 0.5) is 8.78 Å². The lowest BCUT2D eigenvalue weighted by atomic mass is 10.1. The van der Waals surface area contributed by atoms with E-state index in [1.165, 1.54) is 12.1 Å². The highest BCUT2D eigenvalue weighted by Gasteiger charge is 2.12. The Morgan fingerprint density at radius 1 is 1.16 bits per heavy atom. The van der Waals surface area contributed by atoms with Crippen molar-refractivity contribution in [3.63, 3.8) is 0 Å². The average molecular weight is 273 g/mol. The molecule has 0 aliphatic heterocycles. The van der Waals surface area contributed by atoms with E-state index in [1.54, 1.807) is 12.1 Å². The van der Waals surface area contributed by atoms with E-state index in [-0.39, 0.29) is 17.7 Å². The third-order valence-electron chi connectivity index (χ3n) is 3.01. The largest absolute Gasteiger partial charge is 0.435 e. The zero-order valence-electron chi connectivity index (χ0n) is 11.4. The van der Waals surface area contributed by atoms with Gasteiger partial charge in [-0.3, -0.25) is 0 Å². The summed E-state index contributed by atoms with van der Waals surface area (Å²) in [6.45, 7) is 3.55. The summed E-state index contributed by atoms with van der Waals surface area (Å²) < 4.78 is 28.3. The number of aliphatic hydroxyl groups excluding tert-OH is 1. The van der Waals surface area contributed by atoms with Crippen molar-refractivity contribution < 1.29 is 18.6 Å². The summed E-state index contributed by atoms with van der Waals surface area (Å²) in [5.74, 6) is 0.342. The van der Waals surface area contributed by atoms with Crippen LogP contribution < -0.4 is 10.1 Å². The van der Waals surface area contributed by atoms with Gasteiger partial charge in [-0.15, -0.1) is 0 Å². The Morgan fingerprint density at radius 3 is 2.21 bits per heavy atom. The molecule has 0 radical (unpaired) electrons. The van der Waals surface area contributed by atoms with Gasteiger partial charge < -0.3 is 15.2 Å². The molecule has 0 aliphatic carbocycles. The van der Waals surface area contributed by atoms with Crippen LogP contribution in [0.5, 0.6) is 5.75 Å². The van der Waals surface area contributed by atoms with Crippen LogP contribution in [0.1, 0.15) is 32.4 Å². The molecule has 0 bridgehead atoms. The molecule has 2 atom stereocenters. The highest BCUT2D eigenvalue weighted by Crippen LogP contribution is 2.19. The van der Waals surface area contributed by atoms with Crippen LogP contribution in [0, 0.1) is 5.92 Å². The maximum atomic E-state index is 12.0. The number of ether oxygens (including phenoxy) is 1. The first kappa shape index (κ1) is 15.9. The van der Waals surface area contributed by atoms with Gasteiger partial charge in [0.1, 0.15) is 5.75 Å². The Hall–Kier alpha value is -1.20. The number of benzene rings is 1. The lowest BCUT2D eigenvalue weighted by molar-refractivity contribution is -0.0498. The van der Waals surface area contributed by atoms with Crippen LogP contribution in [0.15, 0.2) is 24.3 Å². The number of halogens is 2. The maximum absolute atomic E-state index is 12.0. The standard InChI is InChI=1S/C14H21F2NO2/c1-9(2)13(18)8-17-10(3)11-4-6-12(7-5-11)19-14(15)16/h4-7,9-10,13-14,17-18H,8H2,1-3H3. The van der Waals surface area contributed by atoms with Gasteiger partial charge in [-0.1, -0.05) is 26.0 Å². The third kappa shape index (κ3) is 5.53. The summed E-state index contributed by atoms with van der Waals surface area (Å²) in [6, 6.07) is 6.53. The summed E-state index contributed by atoms with van der Waals surface area (Å²) in [5, 5.41) is 12.9. The van der Waals surface area contributed by atoms with Crippen LogP contribution >= 0.6 is 0 Å². The second-order valence-corrected chi connectivity index (χ2v) is 4.89. The number of hydrogen-bond donors (Lipinski definition) is 2. The lowest BCUT2D eigenvalue weighted by Gasteiger charge is -2.19. The summed E-state index contributed by atoms with van der Waals surface area (Å²) in [5.41, 5.74) is 0.956. The van der Waals surface area contributed by atoms with Crippen molar-refractivity contribution in [3.05, 3.63) is 29.8 Å². The molecule has 2 N–H and O–H groups in total. The van der Waals surface area contributed by atoms with E-state index in [0.717, 1.165) is 5.56 Å². The van der Waals surface area contributed by atoms with E-state index in [4.69, 9.17) is 0 Å². The molecule has 19 heavy (non-hydrogen) atoms. The van der Waals surface area contributed by atoms with E-state index in [9.17, 15) is 13.9 Å². The van der Waals surface area contributed by atoms with Crippen molar-refractivity contribution in [2.75, 3.05) is 6.54 Å². The van der Waals surface area contributed by atoms with Gasteiger partial charge in [-0.05, 0) is 30.5 Å². The average Bonchev–Trinajstić information content (AvgIpc) is 2.35. The van der Waals surface area contributed by atoms with Gasteiger partial charge in [0, 0.05) is 12.6 Å². The Bertz CT molecular complexity index is 368. The van der Waals surface area contributed by atoms with E-state index in [2.05, 4.69) is 10.1 Å². The molecule has 0 aromatic heterocycles. The zero-order valence-corrected chi connectivity index (χ0v) is 11.4. The smallest absolute Gasteiger partial charge is 0.387 e. The van der Waals surface area contributed by atoms with Crippen molar-refractivity contribution in [2.24, 2.45) is 5.92 Å². The SMILES string of the molecule is CC(NCC(O)C(C)C)c1ccc(OC(F)F)cc1. The molecule has 0 saturated carbocycles. The highest BCUT2D eigenvalue weighted by atomic mass is 19.3. The van der Waals surface area contributed by atoms with Crippen molar-refractivity contribution in [2.45, 2.75) is 39.5 Å². The molecule has 0 saturated heterocycles. The fourth-order valence-corrected chi connectivity index (χ4v) is 1.59. The van der Waals surface area contributed by atoms with Crippen molar-refractivity contribution in [3.8, 4) is 5.75 Å².